The highest BCUT2D eigenvalue weighted by Crippen LogP contribution is 2.23. The van der Waals surface area contributed by atoms with Crippen LogP contribution in [0.1, 0.15) is 5.56 Å². The van der Waals surface area contributed by atoms with Crippen molar-refractivity contribution in [3.8, 4) is 17.2 Å². The minimum absolute atomic E-state index is 0.887. The van der Waals surface area contributed by atoms with E-state index in [1.165, 1.54) is 10.8 Å². The Morgan fingerprint density at radius 3 is 2.50 bits per heavy atom. The molecule has 0 saturated carbocycles. The van der Waals surface area contributed by atoms with Crippen LogP contribution in [0.2, 0.25) is 19.6 Å². The lowest BCUT2D eigenvalue weighted by molar-refractivity contribution is 0.415. The molecule has 0 radical (unpaired) electrons. The van der Waals surface area contributed by atoms with Gasteiger partial charge in [-0.1, -0.05) is 37.7 Å². The van der Waals surface area contributed by atoms with Crippen LogP contribution in [-0.2, 0) is 0 Å². The predicted molar refractivity (Wildman–Crippen MR) is 80.7 cm³/mol. The van der Waals surface area contributed by atoms with Crippen molar-refractivity contribution in [2.75, 3.05) is 7.11 Å². The second-order valence-corrected chi connectivity index (χ2v) is 10.1. The summed E-state index contributed by atoms with van der Waals surface area (Å²) in [5.41, 5.74) is 4.53. The predicted octanol–water partition coefficient (Wildman–Crippen LogP) is 4.08. The molecular weight excluding hydrogens is 236 g/mol. The molecule has 0 aliphatic rings. The number of hydrogen-bond donors (Lipinski definition) is 0. The molecule has 0 bridgehead atoms. The van der Waals surface area contributed by atoms with Crippen molar-refractivity contribution in [3.63, 3.8) is 0 Å². The average molecular weight is 254 g/mol. The summed E-state index contributed by atoms with van der Waals surface area (Å²) in [6, 6.07) is 12.4. The maximum atomic E-state index is 5.25. The van der Waals surface area contributed by atoms with E-state index >= 15 is 0 Å². The summed E-state index contributed by atoms with van der Waals surface area (Å²) in [6.45, 7) is 6.77. The maximum absolute atomic E-state index is 5.25. The fraction of sp³-hybridized carbons (Fsp3) is 0.250. The quantitative estimate of drug-likeness (QED) is 0.550. The summed E-state index contributed by atoms with van der Waals surface area (Å²) in [5.74, 6) is 4.22. The molecule has 0 amide bonds. The van der Waals surface area contributed by atoms with Crippen molar-refractivity contribution in [2.24, 2.45) is 0 Å². The molecule has 18 heavy (non-hydrogen) atoms. The lowest BCUT2D eigenvalue weighted by Gasteiger charge is -2.06. The number of hydrogen-bond acceptors (Lipinski definition) is 1. The zero-order valence-electron chi connectivity index (χ0n) is 11.4. The van der Waals surface area contributed by atoms with Crippen LogP contribution in [0, 0.1) is 11.5 Å². The van der Waals surface area contributed by atoms with E-state index in [1.807, 2.05) is 6.07 Å². The monoisotopic (exact) mass is 254 g/mol. The third-order valence-electron chi connectivity index (χ3n) is 2.66. The molecule has 0 aliphatic carbocycles. The van der Waals surface area contributed by atoms with E-state index in [2.05, 4.69) is 61.4 Å². The molecule has 2 heteroatoms. The van der Waals surface area contributed by atoms with Gasteiger partial charge in [0.25, 0.3) is 0 Å². The van der Waals surface area contributed by atoms with Crippen LogP contribution in [0.3, 0.4) is 0 Å². The highest BCUT2D eigenvalue weighted by Gasteiger charge is 2.08. The minimum atomic E-state index is -1.33. The van der Waals surface area contributed by atoms with Crippen molar-refractivity contribution in [1.82, 2.24) is 0 Å². The Morgan fingerprint density at radius 1 is 1.06 bits per heavy atom. The topological polar surface area (TPSA) is 9.23 Å². The van der Waals surface area contributed by atoms with Crippen LogP contribution in [0.4, 0.5) is 0 Å². The van der Waals surface area contributed by atoms with Crippen molar-refractivity contribution in [2.45, 2.75) is 19.6 Å². The molecule has 0 atom stereocenters. The van der Waals surface area contributed by atoms with Gasteiger partial charge in [0.15, 0.2) is 0 Å². The smallest absolute Gasteiger partial charge is 0.129 e. The zero-order chi connectivity index (χ0) is 13.2. The average Bonchev–Trinajstić information content (AvgIpc) is 2.34. The van der Waals surface area contributed by atoms with Crippen molar-refractivity contribution in [3.05, 3.63) is 42.0 Å². The third kappa shape index (κ3) is 2.94. The third-order valence-corrected chi connectivity index (χ3v) is 3.53. The maximum Gasteiger partial charge on any atom is 0.129 e. The molecule has 92 valence electrons. The summed E-state index contributed by atoms with van der Waals surface area (Å²) < 4.78 is 5.25. The van der Waals surface area contributed by atoms with E-state index in [0.29, 0.717) is 0 Å². The SMILES string of the molecule is COc1ccc2c(C#C[Si](C)(C)C)cccc2c1. The molecule has 2 aromatic carbocycles. The first-order valence-corrected chi connectivity index (χ1v) is 9.59. The van der Waals surface area contributed by atoms with Gasteiger partial charge in [0.2, 0.25) is 0 Å². The first-order chi connectivity index (χ1) is 8.49. The Bertz CT molecular complexity index is 627. The normalized spacial score (nSPS) is 10.9. The van der Waals surface area contributed by atoms with Crippen LogP contribution < -0.4 is 4.74 Å². The van der Waals surface area contributed by atoms with Gasteiger partial charge in [-0.05, 0) is 35.0 Å². The van der Waals surface area contributed by atoms with Crippen molar-refractivity contribution in [1.29, 1.82) is 0 Å². The highest BCUT2D eigenvalue weighted by molar-refractivity contribution is 6.83. The number of rotatable bonds is 1. The standard InChI is InChI=1S/C16H18OSi/c1-17-15-8-9-16-13(10-11-18(2,3)4)6-5-7-14(16)12-15/h5-9,12H,1-4H3. The summed E-state index contributed by atoms with van der Waals surface area (Å²) in [6.07, 6.45) is 0. The fourth-order valence-corrected chi connectivity index (χ4v) is 2.26. The molecule has 0 aromatic heterocycles. The van der Waals surface area contributed by atoms with Gasteiger partial charge < -0.3 is 4.74 Å². The molecule has 0 heterocycles. The lowest BCUT2D eigenvalue weighted by Crippen LogP contribution is -2.16. The number of benzene rings is 2. The molecule has 2 aromatic rings. The Hall–Kier alpha value is -1.72. The van der Waals surface area contributed by atoms with E-state index in [9.17, 15) is 0 Å². The molecule has 0 unspecified atom stereocenters. The summed E-state index contributed by atoms with van der Waals surface area (Å²) >= 11 is 0. The second kappa shape index (κ2) is 4.87. The molecule has 0 N–H and O–H groups in total. The molecular formula is C16H18OSi. The molecule has 0 spiro atoms. The molecule has 0 aliphatic heterocycles. The second-order valence-electron chi connectivity index (χ2n) is 5.39. The van der Waals surface area contributed by atoms with E-state index in [0.717, 1.165) is 11.3 Å². The summed E-state index contributed by atoms with van der Waals surface area (Å²) in [7, 11) is 0.360. The van der Waals surface area contributed by atoms with Crippen LogP contribution in [0.25, 0.3) is 10.8 Å². The van der Waals surface area contributed by atoms with Crippen LogP contribution in [0.15, 0.2) is 36.4 Å². The van der Waals surface area contributed by atoms with Gasteiger partial charge in [0, 0.05) is 5.56 Å². The Balaban J connectivity index is 2.55. The number of ether oxygens (including phenoxy) is 1. The van der Waals surface area contributed by atoms with Gasteiger partial charge >= 0.3 is 0 Å². The number of methoxy groups -OCH3 is 1. The van der Waals surface area contributed by atoms with Gasteiger partial charge in [0.05, 0.1) is 7.11 Å². The highest BCUT2D eigenvalue weighted by atomic mass is 28.3. The van der Waals surface area contributed by atoms with Crippen LogP contribution >= 0.6 is 0 Å². The Kier molecular flexibility index (Phi) is 3.45. The summed E-state index contributed by atoms with van der Waals surface area (Å²) in [4.78, 5) is 0. The Morgan fingerprint density at radius 2 is 1.83 bits per heavy atom. The van der Waals surface area contributed by atoms with Gasteiger partial charge in [-0.2, -0.15) is 0 Å². The van der Waals surface area contributed by atoms with E-state index in [1.54, 1.807) is 7.11 Å². The molecule has 0 fully saturated rings. The van der Waals surface area contributed by atoms with Gasteiger partial charge in [-0.25, -0.2) is 0 Å². The Labute approximate surface area is 110 Å². The van der Waals surface area contributed by atoms with Crippen LogP contribution in [0.5, 0.6) is 5.75 Å². The van der Waals surface area contributed by atoms with Crippen molar-refractivity contribution < 1.29 is 4.74 Å². The van der Waals surface area contributed by atoms with Crippen molar-refractivity contribution >= 4 is 18.8 Å². The minimum Gasteiger partial charge on any atom is -0.497 e. The lowest BCUT2D eigenvalue weighted by atomic mass is 10.0. The largest absolute Gasteiger partial charge is 0.497 e. The first-order valence-electron chi connectivity index (χ1n) is 6.09. The fourth-order valence-electron chi connectivity index (χ4n) is 1.75. The number of fused-ring (bicyclic) bond motifs is 1. The van der Waals surface area contributed by atoms with E-state index in [-0.39, 0.29) is 0 Å². The first kappa shape index (κ1) is 12.7. The van der Waals surface area contributed by atoms with Gasteiger partial charge in [-0.3, -0.25) is 0 Å². The van der Waals surface area contributed by atoms with E-state index in [4.69, 9.17) is 4.74 Å². The van der Waals surface area contributed by atoms with Gasteiger partial charge in [0.1, 0.15) is 13.8 Å². The molecule has 2 rings (SSSR count). The summed E-state index contributed by atoms with van der Waals surface area (Å²) in [5, 5.41) is 2.38. The van der Waals surface area contributed by atoms with E-state index < -0.39 is 8.07 Å². The van der Waals surface area contributed by atoms with Crippen LogP contribution in [-0.4, -0.2) is 15.2 Å². The molecule has 1 nitrogen and oxygen atoms in total. The molecule has 0 saturated heterocycles. The van der Waals surface area contributed by atoms with Gasteiger partial charge in [-0.15, -0.1) is 5.54 Å². The zero-order valence-corrected chi connectivity index (χ0v) is 12.4.